The lowest BCUT2D eigenvalue weighted by Gasteiger charge is -2.38. The minimum Gasteiger partial charge on any atom is -0.396 e. The van der Waals surface area contributed by atoms with Crippen LogP contribution >= 0.6 is 0 Å². The zero-order valence-corrected chi connectivity index (χ0v) is 21.6. The molecule has 4 heterocycles. The van der Waals surface area contributed by atoms with Gasteiger partial charge >= 0.3 is 0 Å². The van der Waals surface area contributed by atoms with E-state index in [0.717, 1.165) is 57.2 Å². The number of benzene rings is 1. The number of aliphatic hydroxyl groups excluding tert-OH is 1. The van der Waals surface area contributed by atoms with Crippen LogP contribution in [0.3, 0.4) is 0 Å². The van der Waals surface area contributed by atoms with Gasteiger partial charge in [-0.3, -0.25) is 9.69 Å². The van der Waals surface area contributed by atoms with Crippen molar-refractivity contribution in [1.29, 1.82) is 0 Å². The summed E-state index contributed by atoms with van der Waals surface area (Å²) in [5.74, 6) is -4.46. The third-order valence-electron chi connectivity index (χ3n) is 7.83. The molecule has 0 unspecified atom stereocenters. The largest absolute Gasteiger partial charge is 0.396 e. The van der Waals surface area contributed by atoms with Crippen molar-refractivity contribution in [2.45, 2.75) is 51.1 Å². The molecule has 2 atom stereocenters. The number of pyridine rings is 1. The minimum atomic E-state index is -3.33. The standard InChI is InChI=1S/C27H33F3N6O2/c1-17(21-4-3-5-22(24(21)28)27(2,29)30)33-26(38)19-12-23(25-31-16-32-36(25)14-19)34-10-7-20(8-11-34)35-9-6-18(13-35)15-37/h3-5,12,14,16-18,20,37H,6-11,13,15H2,1-2H3,(H,33,38)/t17-,18-/m1/s1. The number of aliphatic hydroxyl groups is 1. The first-order valence-electron chi connectivity index (χ1n) is 13.1. The van der Waals surface area contributed by atoms with E-state index in [1.807, 2.05) is 0 Å². The molecule has 5 rings (SSSR count). The molecule has 2 saturated heterocycles. The van der Waals surface area contributed by atoms with Gasteiger partial charge < -0.3 is 15.3 Å². The van der Waals surface area contributed by atoms with Crippen LogP contribution in [0.4, 0.5) is 18.9 Å². The number of carbonyl (C=O) groups is 1. The van der Waals surface area contributed by atoms with Crippen LogP contribution in [0.15, 0.2) is 36.8 Å². The molecular weight excluding hydrogens is 497 g/mol. The van der Waals surface area contributed by atoms with E-state index in [1.165, 1.54) is 18.5 Å². The van der Waals surface area contributed by atoms with E-state index >= 15 is 0 Å². The molecule has 0 saturated carbocycles. The molecule has 8 nitrogen and oxygen atoms in total. The fourth-order valence-corrected chi connectivity index (χ4v) is 5.66. The van der Waals surface area contributed by atoms with Crippen LogP contribution in [0.25, 0.3) is 5.65 Å². The molecule has 38 heavy (non-hydrogen) atoms. The Morgan fingerprint density at radius 3 is 2.68 bits per heavy atom. The van der Waals surface area contributed by atoms with E-state index < -0.39 is 29.3 Å². The van der Waals surface area contributed by atoms with Gasteiger partial charge in [-0.1, -0.05) is 18.2 Å². The minimum absolute atomic E-state index is 0.00754. The molecule has 1 amide bonds. The van der Waals surface area contributed by atoms with Crippen molar-refractivity contribution in [1.82, 2.24) is 24.8 Å². The smallest absolute Gasteiger partial charge is 0.273 e. The van der Waals surface area contributed by atoms with Gasteiger partial charge in [0.2, 0.25) is 0 Å². The molecule has 11 heteroatoms. The van der Waals surface area contributed by atoms with Crippen molar-refractivity contribution < 1.29 is 23.1 Å². The number of alkyl halides is 2. The van der Waals surface area contributed by atoms with E-state index in [-0.39, 0.29) is 12.2 Å². The van der Waals surface area contributed by atoms with Gasteiger partial charge in [-0.15, -0.1) is 0 Å². The van der Waals surface area contributed by atoms with E-state index in [0.29, 0.717) is 30.1 Å². The van der Waals surface area contributed by atoms with Crippen molar-refractivity contribution in [3.63, 3.8) is 0 Å². The zero-order chi connectivity index (χ0) is 27.0. The number of rotatable bonds is 7. The lowest BCUT2D eigenvalue weighted by molar-refractivity contribution is 0.0135. The van der Waals surface area contributed by atoms with Gasteiger partial charge in [-0.25, -0.2) is 22.7 Å². The van der Waals surface area contributed by atoms with E-state index in [1.54, 1.807) is 23.7 Å². The fourth-order valence-electron chi connectivity index (χ4n) is 5.66. The monoisotopic (exact) mass is 530 g/mol. The highest BCUT2D eigenvalue weighted by molar-refractivity contribution is 5.96. The zero-order valence-electron chi connectivity index (χ0n) is 21.6. The van der Waals surface area contributed by atoms with Crippen LogP contribution in [0.1, 0.15) is 60.6 Å². The second-order valence-corrected chi connectivity index (χ2v) is 10.5. The van der Waals surface area contributed by atoms with Crippen LogP contribution in [0.2, 0.25) is 0 Å². The van der Waals surface area contributed by atoms with Crippen LogP contribution in [0.5, 0.6) is 0 Å². The second kappa shape index (κ2) is 10.5. The van der Waals surface area contributed by atoms with Gasteiger partial charge in [0.15, 0.2) is 5.65 Å². The van der Waals surface area contributed by atoms with Gasteiger partial charge in [0.05, 0.1) is 22.9 Å². The van der Waals surface area contributed by atoms with Crippen molar-refractivity contribution in [2.24, 2.45) is 5.92 Å². The number of halogens is 3. The summed E-state index contributed by atoms with van der Waals surface area (Å²) in [5.41, 5.74) is 1.03. The van der Waals surface area contributed by atoms with Crippen molar-refractivity contribution >= 4 is 17.2 Å². The number of carbonyl (C=O) groups excluding carboxylic acids is 1. The van der Waals surface area contributed by atoms with E-state index in [4.69, 9.17) is 0 Å². The Labute approximate surface area is 219 Å². The number of amides is 1. The van der Waals surface area contributed by atoms with Crippen LogP contribution in [-0.4, -0.2) is 69.3 Å². The summed E-state index contributed by atoms with van der Waals surface area (Å²) in [6, 6.07) is 5.20. The van der Waals surface area contributed by atoms with Gasteiger partial charge in [-0.05, 0) is 44.7 Å². The summed E-state index contributed by atoms with van der Waals surface area (Å²) in [4.78, 5) is 22.3. The maximum atomic E-state index is 14.9. The van der Waals surface area contributed by atoms with Crippen LogP contribution < -0.4 is 10.2 Å². The number of aromatic nitrogens is 3. The Bertz CT molecular complexity index is 1300. The molecule has 0 aliphatic carbocycles. The van der Waals surface area contributed by atoms with Crippen LogP contribution in [0, 0.1) is 11.7 Å². The summed E-state index contributed by atoms with van der Waals surface area (Å²) in [7, 11) is 0. The number of fused-ring (bicyclic) bond motifs is 1. The summed E-state index contributed by atoms with van der Waals surface area (Å²) >= 11 is 0. The predicted octanol–water partition coefficient (Wildman–Crippen LogP) is 3.75. The topological polar surface area (TPSA) is 86.0 Å². The van der Waals surface area contributed by atoms with Gasteiger partial charge in [0.1, 0.15) is 12.1 Å². The molecule has 2 aliphatic heterocycles. The molecule has 2 aliphatic rings. The number of piperidine rings is 1. The molecule has 2 aromatic heterocycles. The third-order valence-corrected chi connectivity index (χ3v) is 7.83. The van der Waals surface area contributed by atoms with Crippen LogP contribution in [-0.2, 0) is 5.92 Å². The molecule has 2 N–H and O–H groups in total. The van der Waals surface area contributed by atoms with Crippen molar-refractivity contribution in [2.75, 3.05) is 37.7 Å². The Balaban J connectivity index is 1.32. The van der Waals surface area contributed by atoms with Crippen molar-refractivity contribution in [3.8, 4) is 0 Å². The number of hydrogen-bond donors (Lipinski definition) is 2. The lowest BCUT2D eigenvalue weighted by Crippen LogP contribution is -2.44. The summed E-state index contributed by atoms with van der Waals surface area (Å²) in [6.45, 7) is 5.97. The first kappa shape index (κ1) is 26.4. The molecule has 2 fully saturated rings. The Hall–Kier alpha value is -3.18. The Morgan fingerprint density at radius 2 is 2.00 bits per heavy atom. The molecule has 204 valence electrons. The first-order valence-corrected chi connectivity index (χ1v) is 13.1. The van der Waals surface area contributed by atoms with Gasteiger partial charge in [-0.2, -0.15) is 5.10 Å². The predicted molar refractivity (Wildman–Crippen MR) is 137 cm³/mol. The average molecular weight is 531 g/mol. The van der Waals surface area contributed by atoms with Crippen molar-refractivity contribution in [3.05, 3.63) is 59.3 Å². The molecule has 1 aromatic carbocycles. The number of nitrogens with zero attached hydrogens (tertiary/aromatic N) is 5. The fraction of sp³-hybridized carbons (Fsp3) is 0.519. The van der Waals surface area contributed by atoms with E-state index in [9.17, 15) is 23.1 Å². The van der Waals surface area contributed by atoms with E-state index in [2.05, 4.69) is 25.2 Å². The maximum Gasteiger partial charge on any atom is 0.273 e. The second-order valence-electron chi connectivity index (χ2n) is 10.5. The molecule has 0 bridgehead atoms. The normalized spacial score (nSPS) is 20.3. The quantitative estimate of drug-likeness (QED) is 0.484. The van der Waals surface area contributed by atoms with Gasteiger partial charge in [0, 0.05) is 51.0 Å². The number of anilines is 1. The highest BCUT2D eigenvalue weighted by Gasteiger charge is 2.32. The third kappa shape index (κ3) is 5.22. The summed E-state index contributed by atoms with van der Waals surface area (Å²) in [5, 5.41) is 16.4. The SMILES string of the molecule is C[C@@H](NC(=O)c1cc(N2CCC(N3CC[C@@H](CO)C3)CC2)c2ncnn2c1)c1cccc(C(C)(F)F)c1F. The maximum absolute atomic E-state index is 14.9. The number of hydrogen-bond acceptors (Lipinski definition) is 6. The summed E-state index contributed by atoms with van der Waals surface area (Å²) < 4.78 is 44.0. The number of nitrogens with one attached hydrogen (secondary N) is 1. The average Bonchev–Trinajstić information content (AvgIpc) is 3.57. The van der Waals surface area contributed by atoms with Gasteiger partial charge in [0.25, 0.3) is 11.8 Å². The molecule has 0 radical (unpaired) electrons. The highest BCUT2D eigenvalue weighted by atomic mass is 19.3. The molecular formula is C27H33F3N6O2. The Morgan fingerprint density at radius 1 is 1.24 bits per heavy atom. The Kier molecular flexibility index (Phi) is 7.32. The first-order chi connectivity index (χ1) is 18.2. The molecule has 0 spiro atoms. The summed E-state index contributed by atoms with van der Waals surface area (Å²) in [6.07, 6.45) is 5.95. The highest BCUT2D eigenvalue weighted by Crippen LogP contribution is 2.33. The lowest BCUT2D eigenvalue weighted by atomic mass is 10.0. The number of likely N-dealkylation sites (tertiary alicyclic amines) is 1. The molecule has 3 aromatic rings.